The van der Waals surface area contributed by atoms with Gasteiger partial charge in [0.2, 0.25) is 0 Å². The summed E-state index contributed by atoms with van der Waals surface area (Å²) >= 11 is 0. The van der Waals surface area contributed by atoms with Gasteiger partial charge in [0.15, 0.2) is 5.82 Å². The van der Waals surface area contributed by atoms with Crippen LogP contribution < -0.4 is 0 Å². The molecule has 2 heterocycles. The molecule has 0 spiro atoms. The summed E-state index contributed by atoms with van der Waals surface area (Å²) in [4.78, 5) is 8.87. The molecule has 0 saturated carbocycles. The molecule has 0 fully saturated rings. The van der Waals surface area contributed by atoms with Crippen molar-refractivity contribution in [1.82, 2.24) is 19.7 Å². The van der Waals surface area contributed by atoms with E-state index in [9.17, 15) is 0 Å². The Bertz CT molecular complexity index is 785. The lowest BCUT2D eigenvalue weighted by atomic mass is 10.0. The number of nitrogens with zero attached hydrogens (tertiary/aromatic N) is 4. The second-order valence-corrected chi connectivity index (χ2v) is 5.87. The Morgan fingerprint density at radius 3 is 2.36 bits per heavy atom. The molecular formula is C18H20N4. The monoisotopic (exact) mass is 292 g/mol. The minimum atomic E-state index is 0.544. The van der Waals surface area contributed by atoms with E-state index >= 15 is 0 Å². The van der Waals surface area contributed by atoms with Crippen molar-refractivity contribution in [3.8, 4) is 16.9 Å². The van der Waals surface area contributed by atoms with Crippen molar-refractivity contribution in [3.05, 3.63) is 59.8 Å². The minimum Gasteiger partial charge on any atom is -0.256 e. The molecule has 0 aliphatic heterocycles. The SMILES string of the molecule is Cc1cnc(C)c(-n2cc(-c3ccc(C(C)C)cc3)cn2)n1. The first-order valence-corrected chi connectivity index (χ1v) is 7.50. The number of hydrogen-bond donors (Lipinski definition) is 0. The Morgan fingerprint density at radius 1 is 0.955 bits per heavy atom. The lowest BCUT2D eigenvalue weighted by Crippen LogP contribution is -2.03. The van der Waals surface area contributed by atoms with E-state index < -0.39 is 0 Å². The van der Waals surface area contributed by atoms with Crippen LogP contribution in [0.25, 0.3) is 16.9 Å². The molecular weight excluding hydrogens is 272 g/mol. The molecule has 0 bridgehead atoms. The van der Waals surface area contributed by atoms with Gasteiger partial charge in [0.25, 0.3) is 0 Å². The molecule has 3 rings (SSSR count). The molecule has 0 aliphatic carbocycles. The van der Waals surface area contributed by atoms with E-state index in [1.807, 2.05) is 26.2 Å². The first-order valence-electron chi connectivity index (χ1n) is 7.50. The van der Waals surface area contributed by atoms with E-state index in [1.54, 1.807) is 10.9 Å². The van der Waals surface area contributed by atoms with Gasteiger partial charge >= 0.3 is 0 Å². The van der Waals surface area contributed by atoms with Crippen LogP contribution in [-0.2, 0) is 0 Å². The van der Waals surface area contributed by atoms with Gasteiger partial charge in [0.1, 0.15) is 0 Å². The second-order valence-electron chi connectivity index (χ2n) is 5.87. The van der Waals surface area contributed by atoms with Crippen molar-refractivity contribution in [2.45, 2.75) is 33.6 Å². The van der Waals surface area contributed by atoms with E-state index in [0.29, 0.717) is 5.92 Å². The zero-order valence-corrected chi connectivity index (χ0v) is 13.4. The van der Waals surface area contributed by atoms with Gasteiger partial charge in [0, 0.05) is 18.0 Å². The lowest BCUT2D eigenvalue weighted by Gasteiger charge is -2.06. The Morgan fingerprint density at radius 2 is 1.68 bits per heavy atom. The van der Waals surface area contributed by atoms with Crippen LogP contribution in [0.5, 0.6) is 0 Å². The van der Waals surface area contributed by atoms with Gasteiger partial charge < -0.3 is 0 Å². The van der Waals surface area contributed by atoms with E-state index in [2.05, 4.69) is 53.2 Å². The van der Waals surface area contributed by atoms with Crippen LogP contribution in [0.3, 0.4) is 0 Å². The summed E-state index contributed by atoms with van der Waals surface area (Å²) in [5.41, 5.74) is 5.35. The highest BCUT2D eigenvalue weighted by Gasteiger charge is 2.08. The number of aromatic nitrogens is 4. The summed E-state index contributed by atoms with van der Waals surface area (Å²) in [7, 11) is 0. The van der Waals surface area contributed by atoms with Gasteiger partial charge in [-0.1, -0.05) is 38.1 Å². The van der Waals surface area contributed by atoms with Gasteiger partial charge in [-0.15, -0.1) is 0 Å². The number of benzene rings is 1. The molecule has 0 atom stereocenters. The molecule has 0 radical (unpaired) electrons. The molecule has 4 nitrogen and oxygen atoms in total. The summed E-state index contributed by atoms with van der Waals surface area (Å²) < 4.78 is 1.79. The fraction of sp³-hybridized carbons (Fsp3) is 0.278. The summed E-state index contributed by atoms with van der Waals surface area (Å²) in [6.07, 6.45) is 5.64. The van der Waals surface area contributed by atoms with Gasteiger partial charge in [0.05, 0.1) is 17.6 Å². The predicted molar refractivity (Wildman–Crippen MR) is 88.2 cm³/mol. The smallest absolute Gasteiger partial charge is 0.175 e. The summed E-state index contributed by atoms with van der Waals surface area (Å²) in [5, 5.41) is 4.44. The van der Waals surface area contributed by atoms with Crippen molar-refractivity contribution in [2.75, 3.05) is 0 Å². The summed E-state index contributed by atoms with van der Waals surface area (Å²) in [5.74, 6) is 1.33. The Balaban J connectivity index is 1.95. The highest BCUT2D eigenvalue weighted by atomic mass is 15.3. The van der Waals surface area contributed by atoms with Gasteiger partial charge in [-0.05, 0) is 30.9 Å². The molecule has 0 amide bonds. The average Bonchev–Trinajstić information content (AvgIpc) is 2.99. The molecule has 0 N–H and O–H groups in total. The highest BCUT2D eigenvalue weighted by Crippen LogP contribution is 2.23. The third kappa shape index (κ3) is 2.77. The van der Waals surface area contributed by atoms with Crippen molar-refractivity contribution in [2.24, 2.45) is 0 Å². The van der Waals surface area contributed by atoms with Crippen molar-refractivity contribution in [1.29, 1.82) is 0 Å². The quantitative estimate of drug-likeness (QED) is 0.731. The van der Waals surface area contributed by atoms with Crippen LogP contribution >= 0.6 is 0 Å². The minimum absolute atomic E-state index is 0.544. The van der Waals surface area contributed by atoms with Crippen LogP contribution in [0.4, 0.5) is 0 Å². The third-order valence-corrected chi connectivity index (χ3v) is 3.76. The van der Waals surface area contributed by atoms with E-state index in [-0.39, 0.29) is 0 Å². The average molecular weight is 292 g/mol. The molecule has 0 unspecified atom stereocenters. The first kappa shape index (κ1) is 14.4. The lowest BCUT2D eigenvalue weighted by molar-refractivity contribution is 0.816. The maximum absolute atomic E-state index is 4.53. The molecule has 0 aliphatic rings. The van der Waals surface area contributed by atoms with Crippen LogP contribution in [0.2, 0.25) is 0 Å². The largest absolute Gasteiger partial charge is 0.256 e. The molecule has 3 aromatic rings. The van der Waals surface area contributed by atoms with Crippen molar-refractivity contribution >= 4 is 0 Å². The van der Waals surface area contributed by atoms with Gasteiger partial charge in [-0.3, -0.25) is 4.98 Å². The van der Waals surface area contributed by atoms with E-state index in [4.69, 9.17) is 0 Å². The third-order valence-electron chi connectivity index (χ3n) is 3.76. The predicted octanol–water partition coefficient (Wildman–Crippen LogP) is 4.07. The maximum atomic E-state index is 4.53. The highest BCUT2D eigenvalue weighted by molar-refractivity contribution is 5.62. The standard InChI is InChI=1S/C18H20N4/c1-12(2)15-5-7-16(8-6-15)17-10-20-22(11-17)18-14(4)19-9-13(3)21-18/h5-12H,1-4H3. The van der Waals surface area contributed by atoms with Crippen LogP contribution in [-0.4, -0.2) is 19.7 Å². The Hall–Kier alpha value is -2.49. The molecule has 4 heteroatoms. The van der Waals surface area contributed by atoms with Gasteiger partial charge in [-0.2, -0.15) is 5.10 Å². The Kier molecular flexibility index (Phi) is 3.75. The molecule has 22 heavy (non-hydrogen) atoms. The normalized spacial score (nSPS) is 11.1. The molecule has 1 aromatic carbocycles. The fourth-order valence-electron chi connectivity index (χ4n) is 2.39. The number of aryl methyl sites for hydroxylation is 2. The maximum Gasteiger partial charge on any atom is 0.175 e. The van der Waals surface area contributed by atoms with E-state index in [0.717, 1.165) is 28.3 Å². The molecule has 0 saturated heterocycles. The first-order chi connectivity index (χ1) is 10.5. The van der Waals surface area contributed by atoms with Crippen molar-refractivity contribution in [3.63, 3.8) is 0 Å². The summed E-state index contributed by atoms with van der Waals surface area (Å²) in [6.45, 7) is 8.28. The summed E-state index contributed by atoms with van der Waals surface area (Å²) in [6, 6.07) is 8.64. The molecule has 112 valence electrons. The topological polar surface area (TPSA) is 43.6 Å². The van der Waals surface area contributed by atoms with Crippen LogP contribution in [0.15, 0.2) is 42.9 Å². The fourth-order valence-corrected chi connectivity index (χ4v) is 2.39. The van der Waals surface area contributed by atoms with Crippen molar-refractivity contribution < 1.29 is 0 Å². The zero-order chi connectivity index (χ0) is 15.7. The van der Waals surface area contributed by atoms with E-state index in [1.165, 1.54) is 5.56 Å². The van der Waals surface area contributed by atoms with Crippen LogP contribution in [0.1, 0.15) is 36.7 Å². The molecule has 2 aromatic heterocycles. The second kappa shape index (κ2) is 5.72. The number of hydrogen-bond acceptors (Lipinski definition) is 3. The Labute approximate surface area is 130 Å². The van der Waals surface area contributed by atoms with Gasteiger partial charge in [-0.25, -0.2) is 9.67 Å². The van der Waals surface area contributed by atoms with Crippen LogP contribution in [0, 0.1) is 13.8 Å². The number of rotatable bonds is 3. The zero-order valence-electron chi connectivity index (χ0n) is 13.4.